The quantitative estimate of drug-likeness (QED) is 0.842. The molecule has 0 aliphatic carbocycles. The van der Waals surface area contributed by atoms with Gasteiger partial charge in [-0.1, -0.05) is 24.3 Å². The first-order valence-electron chi connectivity index (χ1n) is 10.1. The maximum Gasteiger partial charge on any atom is 0.336 e. The van der Waals surface area contributed by atoms with Crippen LogP contribution in [0.3, 0.4) is 0 Å². The topological polar surface area (TPSA) is 53.0 Å². The highest BCUT2D eigenvalue weighted by Gasteiger charge is 2.26. The van der Waals surface area contributed by atoms with Gasteiger partial charge in [-0.15, -0.1) is 0 Å². The zero-order valence-corrected chi connectivity index (χ0v) is 16.6. The largest absolute Gasteiger partial charge is 0.478 e. The molecule has 2 aliphatic rings. The van der Waals surface area contributed by atoms with Crippen molar-refractivity contribution in [1.82, 2.24) is 0 Å². The predicted octanol–water partition coefficient (Wildman–Crippen LogP) is 4.22. The molecule has 0 spiro atoms. The normalized spacial score (nSPS) is 16.9. The third-order valence-electron chi connectivity index (χ3n) is 6.08. The van der Waals surface area contributed by atoms with Crippen molar-refractivity contribution in [3.63, 3.8) is 0 Å². The molecule has 4 rings (SSSR count). The van der Waals surface area contributed by atoms with Crippen LogP contribution in [0.4, 0.5) is 11.4 Å². The lowest BCUT2D eigenvalue weighted by atomic mass is 10.00. The smallest absolute Gasteiger partial charge is 0.336 e. The Morgan fingerprint density at radius 3 is 2.39 bits per heavy atom. The lowest BCUT2D eigenvalue weighted by molar-refractivity contribution is 0.0695. The Bertz CT molecular complexity index is 849. The molecular weight excluding hydrogens is 352 g/mol. The zero-order chi connectivity index (χ0) is 19.7. The minimum absolute atomic E-state index is 0.394. The van der Waals surface area contributed by atoms with Gasteiger partial charge >= 0.3 is 5.97 Å². The molecule has 2 aliphatic heterocycles. The lowest BCUT2D eigenvalue weighted by Gasteiger charge is -2.37. The average Bonchev–Trinajstić information content (AvgIpc) is 3.14. The molecule has 2 aromatic rings. The van der Waals surface area contributed by atoms with E-state index in [1.54, 1.807) is 0 Å². The maximum absolute atomic E-state index is 12.0. The molecule has 2 aromatic carbocycles. The number of ether oxygens (including phenoxy) is 1. The van der Waals surface area contributed by atoms with Gasteiger partial charge in [-0.25, -0.2) is 4.79 Å². The van der Waals surface area contributed by atoms with Crippen molar-refractivity contribution in [3.05, 3.63) is 58.7 Å². The van der Waals surface area contributed by atoms with Gasteiger partial charge in [0.25, 0.3) is 0 Å². The van der Waals surface area contributed by atoms with Gasteiger partial charge in [0.05, 0.1) is 5.56 Å². The first kappa shape index (κ1) is 18.8. The van der Waals surface area contributed by atoms with Gasteiger partial charge in [0.15, 0.2) is 0 Å². The fourth-order valence-electron chi connectivity index (χ4n) is 4.52. The van der Waals surface area contributed by atoms with Crippen molar-refractivity contribution in [1.29, 1.82) is 0 Å². The van der Waals surface area contributed by atoms with Gasteiger partial charge in [-0.2, -0.15) is 0 Å². The van der Waals surface area contributed by atoms with E-state index in [1.807, 2.05) is 13.0 Å². The van der Waals surface area contributed by atoms with Crippen LogP contribution in [0.1, 0.15) is 46.8 Å². The molecule has 0 aromatic heterocycles. The number of carboxylic acid groups (broad SMARTS) is 1. The summed E-state index contributed by atoms with van der Waals surface area (Å²) in [5.41, 5.74) is 5.91. The summed E-state index contributed by atoms with van der Waals surface area (Å²) in [6, 6.07) is 12.9. The number of carboxylic acids is 1. The maximum atomic E-state index is 12.0. The summed E-state index contributed by atoms with van der Waals surface area (Å²) in [6.45, 7) is 8.12. The highest BCUT2D eigenvalue weighted by atomic mass is 16.5. The molecule has 0 unspecified atom stereocenters. The summed E-state index contributed by atoms with van der Waals surface area (Å²) in [5, 5.41) is 9.84. The van der Waals surface area contributed by atoms with Crippen molar-refractivity contribution < 1.29 is 14.6 Å². The minimum atomic E-state index is -0.861. The third-order valence-corrected chi connectivity index (χ3v) is 6.08. The average molecular weight is 380 g/mol. The van der Waals surface area contributed by atoms with Crippen LogP contribution in [0, 0.1) is 6.92 Å². The summed E-state index contributed by atoms with van der Waals surface area (Å²) in [4.78, 5) is 16.6. The SMILES string of the molecule is CCN(c1cc(N2Cc3ccccc3C2)cc(C(=O)O)c1C)C1CCOCC1. The second-order valence-electron chi connectivity index (χ2n) is 7.70. The van der Waals surface area contributed by atoms with E-state index in [9.17, 15) is 9.90 Å². The van der Waals surface area contributed by atoms with Gasteiger partial charge < -0.3 is 19.6 Å². The van der Waals surface area contributed by atoms with Crippen LogP contribution in [0.5, 0.6) is 0 Å². The van der Waals surface area contributed by atoms with Crippen LogP contribution in [0.25, 0.3) is 0 Å². The number of benzene rings is 2. The number of fused-ring (bicyclic) bond motifs is 1. The number of anilines is 2. The van der Waals surface area contributed by atoms with Crippen LogP contribution in [0.15, 0.2) is 36.4 Å². The Morgan fingerprint density at radius 1 is 1.18 bits per heavy atom. The van der Waals surface area contributed by atoms with Gasteiger partial charge in [-0.05, 0) is 55.5 Å². The van der Waals surface area contributed by atoms with Crippen molar-refractivity contribution in [2.75, 3.05) is 29.6 Å². The molecule has 28 heavy (non-hydrogen) atoms. The molecule has 0 atom stereocenters. The van der Waals surface area contributed by atoms with Crippen LogP contribution in [-0.4, -0.2) is 36.9 Å². The summed E-state index contributed by atoms with van der Waals surface area (Å²) in [5.74, 6) is -0.861. The van der Waals surface area contributed by atoms with E-state index in [0.29, 0.717) is 11.6 Å². The van der Waals surface area contributed by atoms with Crippen molar-refractivity contribution in [3.8, 4) is 0 Å². The molecule has 0 radical (unpaired) electrons. The van der Waals surface area contributed by atoms with E-state index < -0.39 is 5.97 Å². The van der Waals surface area contributed by atoms with Crippen LogP contribution >= 0.6 is 0 Å². The van der Waals surface area contributed by atoms with E-state index in [4.69, 9.17) is 4.74 Å². The second-order valence-corrected chi connectivity index (χ2v) is 7.70. The Labute approximate surface area is 166 Å². The first-order valence-corrected chi connectivity index (χ1v) is 10.1. The van der Waals surface area contributed by atoms with Crippen LogP contribution in [-0.2, 0) is 17.8 Å². The molecule has 0 saturated carbocycles. The molecular formula is C23H28N2O3. The van der Waals surface area contributed by atoms with Gasteiger partial charge in [-0.3, -0.25) is 0 Å². The van der Waals surface area contributed by atoms with E-state index in [1.165, 1.54) is 11.1 Å². The minimum Gasteiger partial charge on any atom is -0.478 e. The number of carbonyl (C=O) groups is 1. The van der Waals surface area contributed by atoms with Crippen LogP contribution in [0.2, 0.25) is 0 Å². The predicted molar refractivity (Wildman–Crippen MR) is 111 cm³/mol. The Balaban J connectivity index is 1.73. The third kappa shape index (κ3) is 3.47. The number of rotatable bonds is 5. The molecule has 5 nitrogen and oxygen atoms in total. The summed E-state index contributed by atoms with van der Waals surface area (Å²) >= 11 is 0. The molecule has 5 heteroatoms. The number of hydrogen-bond donors (Lipinski definition) is 1. The van der Waals surface area contributed by atoms with Crippen molar-refractivity contribution in [2.24, 2.45) is 0 Å². The molecule has 0 amide bonds. The van der Waals surface area contributed by atoms with Crippen molar-refractivity contribution >= 4 is 17.3 Å². The zero-order valence-electron chi connectivity index (χ0n) is 16.6. The summed E-state index contributed by atoms with van der Waals surface area (Å²) in [7, 11) is 0. The highest BCUT2D eigenvalue weighted by Crippen LogP contribution is 2.36. The summed E-state index contributed by atoms with van der Waals surface area (Å²) < 4.78 is 5.53. The fraction of sp³-hybridized carbons (Fsp3) is 0.435. The number of aromatic carboxylic acids is 1. The molecule has 1 fully saturated rings. The Kier molecular flexibility index (Phi) is 5.27. The molecule has 0 bridgehead atoms. The molecule has 2 heterocycles. The molecule has 1 saturated heterocycles. The monoisotopic (exact) mass is 380 g/mol. The van der Waals surface area contributed by atoms with E-state index in [0.717, 1.165) is 62.6 Å². The van der Waals surface area contributed by atoms with E-state index >= 15 is 0 Å². The van der Waals surface area contributed by atoms with E-state index in [-0.39, 0.29) is 0 Å². The summed E-state index contributed by atoms with van der Waals surface area (Å²) in [6.07, 6.45) is 1.96. The Morgan fingerprint density at radius 2 is 1.82 bits per heavy atom. The standard InChI is InChI=1S/C23H28N2O3/c1-3-25(19-8-10-28-11-9-19)22-13-20(12-21(16(22)2)23(26)27)24-14-17-6-4-5-7-18(17)15-24/h4-7,12-13,19H,3,8-11,14-15H2,1-2H3,(H,26,27). The number of hydrogen-bond acceptors (Lipinski definition) is 4. The van der Waals surface area contributed by atoms with Gasteiger partial charge in [0.1, 0.15) is 0 Å². The lowest BCUT2D eigenvalue weighted by Crippen LogP contribution is -2.40. The van der Waals surface area contributed by atoms with E-state index in [2.05, 4.69) is 47.1 Å². The molecule has 1 N–H and O–H groups in total. The first-order chi connectivity index (χ1) is 13.6. The number of nitrogens with zero attached hydrogens (tertiary/aromatic N) is 2. The fourth-order valence-corrected chi connectivity index (χ4v) is 4.52. The van der Waals surface area contributed by atoms with Crippen molar-refractivity contribution in [2.45, 2.75) is 45.8 Å². The van der Waals surface area contributed by atoms with Gasteiger partial charge in [0, 0.05) is 50.3 Å². The van der Waals surface area contributed by atoms with Gasteiger partial charge in [0.2, 0.25) is 0 Å². The molecule has 148 valence electrons. The highest BCUT2D eigenvalue weighted by molar-refractivity contribution is 5.93. The Hall–Kier alpha value is -2.53. The van der Waals surface area contributed by atoms with Crippen LogP contribution < -0.4 is 9.80 Å². The second kappa shape index (κ2) is 7.84.